The molecule has 0 saturated carbocycles. The zero-order chi connectivity index (χ0) is 26.2. The molecule has 1 N–H and O–H groups in total. The summed E-state index contributed by atoms with van der Waals surface area (Å²) in [6.45, 7) is 5.81. The zero-order valence-corrected chi connectivity index (χ0v) is 22.6. The van der Waals surface area contributed by atoms with Crippen LogP contribution in [0, 0.1) is 13.8 Å². The Kier molecular flexibility index (Phi) is 9.24. The molecule has 5 nitrogen and oxygen atoms in total. The number of carbonyl (C=O) groups is 1. The molecule has 0 aromatic heterocycles. The highest BCUT2D eigenvalue weighted by Gasteiger charge is 2.32. The Morgan fingerprint density at radius 3 is 2.43 bits per heavy atom. The van der Waals surface area contributed by atoms with E-state index in [9.17, 15) is 4.79 Å². The Hall–Kier alpha value is -3.31. The van der Waals surface area contributed by atoms with Crippen molar-refractivity contribution in [3.05, 3.63) is 94.5 Å². The smallest absolute Gasteiger partial charge is 0.254 e. The topological polar surface area (TPSA) is 50.8 Å². The second-order valence-electron chi connectivity index (χ2n) is 10.2. The predicted octanol–water partition coefficient (Wildman–Crippen LogP) is 5.76. The molecule has 196 valence electrons. The summed E-state index contributed by atoms with van der Waals surface area (Å²) in [5, 5.41) is 3.78. The summed E-state index contributed by atoms with van der Waals surface area (Å²) in [6, 6.07) is 23.2. The van der Waals surface area contributed by atoms with Gasteiger partial charge in [0.15, 0.2) is 0 Å². The van der Waals surface area contributed by atoms with Crippen LogP contribution in [0.4, 0.5) is 0 Å². The average molecular weight is 501 g/mol. The first-order chi connectivity index (χ1) is 18.0. The number of benzene rings is 3. The van der Waals surface area contributed by atoms with Crippen molar-refractivity contribution in [3.63, 3.8) is 0 Å². The monoisotopic (exact) mass is 500 g/mol. The summed E-state index contributed by atoms with van der Waals surface area (Å²) in [4.78, 5) is 15.7. The van der Waals surface area contributed by atoms with E-state index in [-0.39, 0.29) is 11.9 Å². The van der Waals surface area contributed by atoms with Gasteiger partial charge in [-0.05, 0) is 94.0 Å². The Labute approximate surface area is 221 Å². The molecule has 0 spiro atoms. The Balaban J connectivity index is 1.40. The van der Waals surface area contributed by atoms with Crippen molar-refractivity contribution in [1.82, 2.24) is 10.2 Å². The van der Waals surface area contributed by atoms with Gasteiger partial charge in [-0.1, -0.05) is 47.5 Å². The molecule has 0 unspecified atom stereocenters. The number of nitrogens with zero attached hydrogens (tertiary/aromatic N) is 1. The van der Waals surface area contributed by atoms with Crippen molar-refractivity contribution in [3.8, 4) is 11.5 Å². The van der Waals surface area contributed by atoms with Gasteiger partial charge in [-0.25, -0.2) is 0 Å². The highest BCUT2D eigenvalue weighted by molar-refractivity contribution is 5.95. The fraction of sp³-hybridized carbons (Fsp3) is 0.406. The number of piperidine rings is 1. The van der Waals surface area contributed by atoms with E-state index in [4.69, 9.17) is 9.47 Å². The van der Waals surface area contributed by atoms with Crippen LogP contribution in [0.1, 0.15) is 51.9 Å². The van der Waals surface area contributed by atoms with E-state index >= 15 is 0 Å². The number of methoxy groups -OCH3 is 2. The number of likely N-dealkylation sites (tertiary alicyclic amines) is 1. The average Bonchev–Trinajstić information content (AvgIpc) is 2.91. The normalized spacial score (nSPS) is 17.5. The summed E-state index contributed by atoms with van der Waals surface area (Å²) < 4.78 is 10.9. The lowest BCUT2D eigenvalue weighted by molar-refractivity contribution is 0.0577. The molecule has 0 bridgehead atoms. The third-order valence-electron chi connectivity index (χ3n) is 7.30. The van der Waals surface area contributed by atoms with Crippen LogP contribution < -0.4 is 14.8 Å². The van der Waals surface area contributed by atoms with Crippen LogP contribution in [0.2, 0.25) is 0 Å². The number of ether oxygens (including phenoxy) is 2. The minimum atomic E-state index is 0.149. The molecule has 0 radical (unpaired) electrons. The Bertz CT molecular complexity index is 1160. The van der Waals surface area contributed by atoms with Gasteiger partial charge >= 0.3 is 0 Å². The van der Waals surface area contributed by atoms with Crippen LogP contribution >= 0.6 is 0 Å². The van der Waals surface area contributed by atoms with Crippen molar-refractivity contribution in [1.29, 1.82) is 0 Å². The molecule has 2 atom stereocenters. The molecule has 1 heterocycles. The standard InChI is InChI=1S/C32H40N2O3/c1-23-17-24(2)19-27(18-23)32(35)34-16-14-28(22-29(34)20-25-9-6-5-7-10-25)33-15-8-11-26-21-30(36-3)12-13-31(26)37-4/h5-7,9-10,12-13,17-19,21,28-29,33H,8,11,14-16,20,22H2,1-4H3/t28-,29+/m0/s1. The summed E-state index contributed by atoms with van der Waals surface area (Å²) in [7, 11) is 3.40. The molecule has 3 aromatic rings. The van der Waals surface area contributed by atoms with E-state index in [1.54, 1.807) is 14.2 Å². The van der Waals surface area contributed by atoms with E-state index in [0.29, 0.717) is 6.04 Å². The van der Waals surface area contributed by atoms with Crippen LogP contribution in [-0.2, 0) is 12.8 Å². The first-order valence-electron chi connectivity index (χ1n) is 13.3. The van der Waals surface area contributed by atoms with E-state index in [0.717, 1.165) is 73.4 Å². The third kappa shape index (κ3) is 7.14. The van der Waals surface area contributed by atoms with Crippen LogP contribution in [0.15, 0.2) is 66.7 Å². The Morgan fingerprint density at radius 1 is 0.973 bits per heavy atom. The maximum absolute atomic E-state index is 13.6. The second kappa shape index (κ2) is 12.8. The molecule has 3 aromatic carbocycles. The van der Waals surface area contributed by atoms with Crippen LogP contribution in [0.25, 0.3) is 0 Å². The van der Waals surface area contributed by atoms with Gasteiger partial charge in [0.2, 0.25) is 0 Å². The number of nitrogens with one attached hydrogen (secondary N) is 1. The fourth-order valence-corrected chi connectivity index (χ4v) is 5.51. The molecule has 5 heteroatoms. The molecule has 1 amide bonds. The number of hydrogen-bond acceptors (Lipinski definition) is 4. The van der Waals surface area contributed by atoms with E-state index < -0.39 is 0 Å². The summed E-state index contributed by atoms with van der Waals surface area (Å²) >= 11 is 0. The van der Waals surface area contributed by atoms with Crippen molar-refractivity contribution in [2.24, 2.45) is 0 Å². The molecule has 37 heavy (non-hydrogen) atoms. The van der Waals surface area contributed by atoms with Crippen molar-refractivity contribution in [2.75, 3.05) is 27.3 Å². The lowest BCUT2D eigenvalue weighted by atomic mass is 9.91. The van der Waals surface area contributed by atoms with Gasteiger partial charge in [0.05, 0.1) is 14.2 Å². The zero-order valence-electron chi connectivity index (χ0n) is 22.6. The third-order valence-corrected chi connectivity index (χ3v) is 7.30. The van der Waals surface area contributed by atoms with Crippen LogP contribution in [0.3, 0.4) is 0 Å². The summed E-state index contributed by atoms with van der Waals surface area (Å²) in [5.74, 6) is 1.91. The lowest BCUT2D eigenvalue weighted by Crippen LogP contribution is -2.52. The van der Waals surface area contributed by atoms with E-state index in [1.807, 2.05) is 30.3 Å². The molecular formula is C32H40N2O3. The van der Waals surface area contributed by atoms with Gasteiger partial charge in [0.1, 0.15) is 11.5 Å². The first kappa shape index (κ1) is 26.7. The van der Waals surface area contributed by atoms with Gasteiger partial charge in [-0.3, -0.25) is 4.79 Å². The molecule has 1 saturated heterocycles. The summed E-state index contributed by atoms with van der Waals surface area (Å²) in [6.07, 6.45) is 4.72. The van der Waals surface area contributed by atoms with Crippen molar-refractivity contribution < 1.29 is 14.3 Å². The quantitative estimate of drug-likeness (QED) is 0.360. The molecule has 1 aliphatic rings. The highest BCUT2D eigenvalue weighted by Crippen LogP contribution is 2.26. The number of aryl methyl sites for hydroxylation is 3. The highest BCUT2D eigenvalue weighted by atomic mass is 16.5. The molecule has 4 rings (SSSR count). The lowest BCUT2D eigenvalue weighted by Gasteiger charge is -2.40. The number of carbonyl (C=O) groups excluding carboxylic acids is 1. The number of hydrogen-bond donors (Lipinski definition) is 1. The van der Waals surface area contributed by atoms with Crippen molar-refractivity contribution in [2.45, 2.75) is 58.0 Å². The molecule has 1 fully saturated rings. The van der Waals surface area contributed by atoms with Crippen molar-refractivity contribution >= 4 is 5.91 Å². The first-order valence-corrected chi connectivity index (χ1v) is 13.3. The van der Waals surface area contributed by atoms with Gasteiger partial charge < -0.3 is 19.7 Å². The minimum Gasteiger partial charge on any atom is -0.497 e. The fourth-order valence-electron chi connectivity index (χ4n) is 5.51. The van der Waals surface area contributed by atoms with E-state index in [2.05, 4.69) is 60.5 Å². The Morgan fingerprint density at radius 2 is 1.73 bits per heavy atom. The number of rotatable bonds is 10. The largest absolute Gasteiger partial charge is 0.497 e. The molecule has 1 aliphatic heterocycles. The van der Waals surface area contributed by atoms with Gasteiger partial charge in [-0.2, -0.15) is 0 Å². The van der Waals surface area contributed by atoms with Crippen LogP contribution in [-0.4, -0.2) is 50.2 Å². The molecular weight excluding hydrogens is 460 g/mol. The predicted molar refractivity (Wildman–Crippen MR) is 150 cm³/mol. The summed E-state index contributed by atoms with van der Waals surface area (Å²) in [5.41, 5.74) is 5.50. The SMILES string of the molecule is COc1ccc(OC)c(CCCN[C@H]2CCN(C(=O)c3cc(C)cc(C)c3)[C@H](Cc3ccccc3)C2)c1. The van der Waals surface area contributed by atoms with Gasteiger partial charge in [-0.15, -0.1) is 0 Å². The molecule has 0 aliphatic carbocycles. The maximum atomic E-state index is 13.6. The maximum Gasteiger partial charge on any atom is 0.254 e. The van der Waals surface area contributed by atoms with Gasteiger partial charge in [0.25, 0.3) is 5.91 Å². The number of amides is 1. The van der Waals surface area contributed by atoms with Crippen LogP contribution in [0.5, 0.6) is 11.5 Å². The minimum absolute atomic E-state index is 0.149. The van der Waals surface area contributed by atoms with E-state index in [1.165, 1.54) is 11.1 Å². The second-order valence-corrected chi connectivity index (χ2v) is 10.2. The van der Waals surface area contributed by atoms with Gasteiger partial charge in [0, 0.05) is 24.2 Å².